The Morgan fingerprint density at radius 3 is 1.48 bits per heavy atom. The molecule has 10 aromatic carbocycles. The third kappa shape index (κ3) is 6.38. The second kappa shape index (κ2) is 15.6. The van der Waals surface area contributed by atoms with E-state index >= 15 is 0 Å². The lowest BCUT2D eigenvalue weighted by Gasteiger charge is -2.14. The van der Waals surface area contributed by atoms with Gasteiger partial charge < -0.3 is 13.4 Å². The summed E-state index contributed by atoms with van der Waals surface area (Å²) < 4.78 is 16.2. The predicted octanol–water partition coefficient (Wildman–Crippen LogP) is 16.8. The first-order chi connectivity index (χ1) is 34.2. The van der Waals surface area contributed by atoms with Gasteiger partial charge in [0, 0.05) is 49.0 Å². The highest BCUT2D eigenvalue weighted by atomic mass is 16.3. The van der Waals surface area contributed by atoms with E-state index in [9.17, 15) is 0 Å². The van der Waals surface area contributed by atoms with Gasteiger partial charge in [0.2, 0.25) is 0 Å². The van der Waals surface area contributed by atoms with E-state index in [4.69, 9.17) is 23.8 Å². The molecule has 322 valence electrons. The quantitative estimate of drug-likeness (QED) is 0.159. The molecule has 0 aliphatic heterocycles. The van der Waals surface area contributed by atoms with Crippen LogP contribution in [0.5, 0.6) is 0 Å². The van der Waals surface area contributed by atoms with E-state index in [1.54, 1.807) is 0 Å². The molecule has 4 aromatic heterocycles. The van der Waals surface area contributed by atoms with E-state index in [1.165, 1.54) is 21.9 Å². The molecule has 0 amide bonds. The number of hydrogen-bond acceptors (Lipinski definition) is 5. The molecule has 6 nitrogen and oxygen atoms in total. The normalized spacial score (nSPS) is 11.8. The molecule has 4 heterocycles. The fourth-order valence-corrected chi connectivity index (χ4v) is 10.2. The molecule has 0 spiro atoms. The van der Waals surface area contributed by atoms with Crippen molar-refractivity contribution < 1.29 is 8.83 Å². The number of benzene rings is 10. The number of furan rings is 2. The van der Waals surface area contributed by atoms with E-state index in [0.717, 1.165) is 99.5 Å². The lowest BCUT2D eigenvalue weighted by Crippen LogP contribution is -2.00. The van der Waals surface area contributed by atoms with Gasteiger partial charge in [-0.1, -0.05) is 182 Å². The van der Waals surface area contributed by atoms with Crippen LogP contribution in [0.15, 0.2) is 239 Å². The summed E-state index contributed by atoms with van der Waals surface area (Å²) in [5.41, 5.74) is 15.5. The zero-order chi connectivity index (χ0) is 45.4. The number of hydrogen-bond donors (Lipinski definition) is 0. The minimum absolute atomic E-state index is 0.541. The van der Waals surface area contributed by atoms with Crippen LogP contribution in [0.2, 0.25) is 0 Å². The van der Waals surface area contributed by atoms with Crippen molar-refractivity contribution in [3.05, 3.63) is 231 Å². The van der Waals surface area contributed by atoms with E-state index in [2.05, 4.69) is 180 Å². The summed E-state index contributed by atoms with van der Waals surface area (Å²) in [7, 11) is 0. The summed E-state index contributed by atoms with van der Waals surface area (Å²) in [5.74, 6) is 1.71. The van der Waals surface area contributed by atoms with E-state index in [0.29, 0.717) is 17.5 Å². The fraction of sp³-hybridized carbons (Fsp3) is 0. The van der Waals surface area contributed by atoms with Gasteiger partial charge in [-0.3, -0.25) is 0 Å². The maximum Gasteiger partial charge on any atom is 0.164 e. The van der Waals surface area contributed by atoms with Gasteiger partial charge in [0.05, 0.1) is 16.7 Å². The molecule has 0 radical (unpaired) electrons. The van der Waals surface area contributed by atoms with Crippen molar-refractivity contribution in [2.75, 3.05) is 0 Å². The monoisotopic (exact) mass is 882 g/mol. The summed E-state index contributed by atoms with van der Waals surface area (Å²) in [4.78, 5) is 15.5. The molecular formula is C63H38N4O2. The van der Waals surface area contributed by atoms with Crippen molar-refractivity contribution in [2.24, 2.45) is 0 Å². The lowest BCUT2D eigenvalue weighted by molar-refractivity contribution is 0.666. The van der Waals surface area contributed by atoms with Crippen LogP contribution in [0.4, 0.5) is 0 Å². The van der Waals surface area contributed by atoms with Gasteiger partial charge in [-0.15, -0.1) is 0 Å². The molecule has 0 aliphatic carbocycles. The smallest absolute Gasteiger partial charge is 0.164 e. The van der Waals surface area contributed by atoms with E-state index in [1.807, 2.05) is 54.6 Å². The van der Waals surface area contributed by atoms with E-state index in [-0.39, 0.29) is 0 Å². The third-order valence-electron chi connectivity index (χ3n) is 13.5. The summed E-state index contributed by atoms with van der Waals surface area (Å²) >= 11 is 0. The maximum absolute atomic E-state index is 7.05. The second-order valence-corrected chi connectivity index (χ2v) is 17.5. The Labute approximate surface area is 396 Å². The summed E-state index contributed by atoms with van der Waals surface area (Å²) in [5, 5.41) is 6.42. The van der Waals surface area contributed by atoms with Crippen molar-refractivity contribution in [1.29, 1.82) is 0 Å². The van der Waals surface area contributed by atoms with Gasteiger partial charge in [0.25, 0.3) is 0 Å². The first-order valence-electron chi connectivity index (χ1n) is 23.2. The molecule has 0 fully saturated rings. The van der Waals surface area contributed by atoms with Crippen LogP contribution in [0, 0.1) is 0 Å². The molecule has 14 rings (SSSR count). The zero-order valence-electron chi connectivity index (χ0n) is 37.0. The first kappa shape index (κ1) is 38.8. The Bertz CT molecular complexity index is 4290. The molecule has 0 bridgehead atoms. The summed E-state index contributed by atoms with van der Waals surface area (Å²) in [6.45, 7) is 0. The van der Waals surface area contributed by atoms with Crippen molar-refractivity contribution >= 4 is 65.7 Å². The van der Waals surface area contributed by atoms with Crippen LogP contribution in [0.25, 0.3) is 139 Å². The van der Waals surface area contributed by atoms with Gasteiger partial charge >= 0.3 is 0 Å². The van der Waals surface area contributed by atoms with Crippen molar-refractivity contribution in [2.45, 2.75) is 0 Å². The Morgan fingerprint density at radius 1 is 0.290 bits per heavy atom. The Morgan fingerprint density at radius 2 is 0.783 bits per heavy atom. The molecule has 69 heavy (non-hydrogen) atoms. The van der Waals surface area contributed by atoms with E-state index < -0.39 is 0 Å². The number of rotatable bonds is 7. The van der Waals surface area contributed by atoms with Gasteiger partial charge in [-0.2, -0.15) is 0 Å². The van der Waals surface area contributed by atoms with Crippen molar-refractivity contribution in [3.63, 3.8) is 0 Å². The number of aromatic nitrogens is 4. The fourth-order valence-electron chi connectivity index (χ4n) is 10.2. The van der Waals surface area contributed by atoms with Gasteiger partial charge in [-0.05, 0) is 81.9 Å². The van der Waals surface area contributed by atoms with Crippen LogP contribution in [0.3, 0.4) is 0 Å². The number of nitrogens with zero attached hydrogens (tertiary/aromatic N) is 4. The van der Waals surface area contributed by atoms with Crippen LogP contribution < -0.4 is 0 Å². The topological polar surface area (TPSA) is 69.9 Å². The highest BCUT2D eigenvalue weighted by Gasteiger charge is 2.25. The van der Waals surface area contributed by atoms with Crippen LogP contribution in [-0.4, -0.2) is 19.5 Å². The molecule has 14 aromatic rings. The largest absolute Gasteiger partial charge is 0.456 e. The van der Waals surface area contributed by atoms with Crippen molar-refractivity contribution in [1.82, 2.24) is 19.5 Å². The summed E-state index contributed by atoms with van der Waals surface area (Å²) in [6, 6.07) is 80.3. The Kier molecular flexibility index (Phi) is 8.79. The summed E-state index contributed by atoms with van der Waals surface area (Å²) in [6.07, 6.45) is 0. The lowest BCUT2D eigenvalue weighted by atomic mass is 9.93. The standard InChI is InChI=1S/C63H38N4O2/c1-4-16-39(17-5-1)41-28-30-43(31-29-41)62-64-61(42-20-8-3-9-21-42)65-63(66-62)45-37-51(58-48-23-11-14-26-55(48)68-57(58)38-45)47-33-35-54(60-59(47)49-24-12-15-27-56(49)69-60)67-52-25-13-10-22-46(52)50-36-44(32-34-53(50)67)40-18-6-2-7-19-40/h1-38H. The average molecular weight is 883 g/mol. The molecular weight excluding hydrogens is 845 g/mol. The molecule has 0 N–H and O–H groups in total. The van der Waals surface area contributed by atoms with Crippen LogP contribution in [-0.2, 0) is 0 Å². The minimum Gasteiger partial charge on any atom is -0.456 e. The highest BCUT2D eigenvalue weighted by Crippen LogP contribution is 2.47. The molecule has 0 aliphatic rings. The first-order valence-corrected chi connectivity index (χ1v) is 23.2. The minimum atomic E-state index is 0.541. The maximum atomic E-state index is 7.05. The zero-order valence-corrected chi connectivity index (χ0v) is 37.0. The average Bonchev–Trinajstić information content (AvgIpc) is 4.11. The van der Waals surface area contributed by atoms with Crippen LogP contribution in [0.1, 0.15) is 0 Å². The molecule has 0 saturated carbocycles. The molecule has 0 unspecified atom stereocenters. The third-order valence-corrected chi connectivity index (χ3v) is 13.5. The molecule has 0 saturated heterocycles. The Balaban J connectivity index is 1.01. The number of fused-ring (bicyclic) bond motifs is 9. The van der Waals surface area contributed by atoms with Crippen molar-refractivity contribution in [3.8, 4) is 73.2 Å². The van der Waals surface area contributed by atoms with Gasteiger partial charge in [0.15, 0.2) is 23.1 Å². The molecule has 0 atom stereocenters. The van der Waals surface area contributed by atoms with Gasteiger partial charge in [0.1, 0.15) is 16.7 Å². The van der Waals surface area contributed by atoms with Crippen LogP contribution >= 0.6 is 0 Å². The Hall–Kier alpha value is -9.39. The van der Waals surface area contributed by atoms with Gasteiger partial charge in [-0.25, -0.2) is 15.0 Å². The second-order valence-electron chi connectivity index (χ2n) is 17.5. The predicted molar refractivity (Wildman–Crippen MR) is 281 cm³/mol. The number of para-hydroxylation sites is 3. The SMILES string of the molecule is c1ccc(-c2ccc(-c3nc(-c4ccccc4)nc(-c4cc(-c5ccc(-n6c7ccccc7c7cc(-c8ccccc8)ccc76)c6oc7ccccc7c56)c5c(c4)oc4ccccc45)n3)cc2)cc1. The highest BCUT2D eigenvalue weighted by molar-refractivity contribution is 6.22. The molecule has 6 heteroatoms.